The van der Waals surface area contributed by atoms with E-state index in [1.54, 1.807) is 11.8 Å². The average Bonchev–Trinajstić information content (AvgIpc) is 2.26. The van der Waals surface area contributed by atoms with E-state index < -0.39 is 5.41 Å². The molecule has 5 N–H and O–H groups in total. The summed E-state index contributed by atoms with van der Waals surface area (Å²) in [4.78, 5) is 12.7. The number of hydrogen-bond donors (Lipinski definition) is 3. The highest BCUT2D eigenvalue weighted by molar-refractivity contribution is 7.99. The number of hydrogen-bond acceptors (Lipinski definition) is 4. The molecule has 1 rings (SSSR count). The van der Waals surface area contributed by atoms with Crippen molar-refractivity contribution in [3.8, 4) is 0 Å². The highest BCUT2D eigenvalue weighted by Crippen LogP contribution is 2.30. The number of nitrogens with two attached hydrogens (primary N) is 2. The number of carbonyl (C=O) groups excluding carboxylic acids is 1. The Morgan fingerprint density at radius 3 is 2.65 bits per heavy atom. The van der Waals surface area contributed by atoms with Gasteiger partial charge < -0.3 is 5.73 Å². The Hall–Kier alpha value is -1.20. The van der Waals surface area contributed by atoms with Crippen LogP contribution in [0.3, 0.4) is 0 Å². The van der Waals surface area contributed by atoms with Gasteiger partial charge in [-0.25, -0.2) is 5.84 Å². The summed E-state index contributed by atoms with van der Waals surface area (Å²) in [6.45, 7) is 5.75. The van der Waals surface area contributed by atoms with Crippen molar-refractivity contribution < 1.29 is 4.79 Å². The zero-order valence-corrected chi connectivity index (χ0v) is 11.2. The molecule has 0 fully saturated rings. The Morgan fingerprint density at radius 1 is 1.47 bits per heavy atom. The molecule has 0 unspecified atom stereocenters. The van der Waals surface area contributed by atoms with Gasteiger partial charge in [-0.2, -0.15) is 0 Å². The Kier molecular flexibility index (Phi) is 4.42. The fourth-order valence-electron chi connectivity index (χ4n) is 1.35. The predicted octanol–water partition coefficient (Wildman–Crippen LogP) is 1.69. The maximum absolute atomic E-state index is 11.5. The van der Waals surface area contributed by atoms with E-state index in [1.165, 1.54) is 0 Å². The Morgan fingerprint density at radius 2 is 2.12 bits per heavy atom. The molecule has 0 saturated heterocycles. The van der Waals surface area contributed by atoms with Crippen molar-refractivity contribution in [2.45, 2.75) is 25.7 Å². The van der Waals surface area contributed by atoms with Gasteiger partial charge in [0.2, 0.25) is 5.91 Å². The summed E-state index contributed by atoms with van der Waals surface area (Å²) in [6.07, 6.45) is 0. The number of hydrazine groups is 1. The van der Waals surface area contributed by atoms with Gasteiger partial charge in [-0.15, -0.1) is 11.8 Å². The second-order valence-corrected chi connectivity index (χ2v) is 5.69. The Bertz CT molecular complexity index is 418. The summed E-state index contributed by atoms with van der Waals surface area (Å²) in [6, 6.07) is 5.77. The van der Waals surface area contributed by atoms with Crippen LogP contribution >= 0.6 is 11.8 Å². The second-order valence-electron chi connectivity index (χ2n) is 4.67. The lowest BCUT2D eigenvalue weighted by Gasteiger charge is -2.22. The molecule has 0 aliphatic heterocycles. The van der Waals surface area contributed by atoms with Crippen LogP contribution in [0, 0.1) is 12.3 Å². The summed E-state index contributed by atoms with van der Waals surface area (Å²) < 4.78 is 0. The summed E-state index contributed by atoms with van der Waals surface area (Å²) in [5, 5.41) is 0. The highest BCUT2D eigenvalue weighted by atomic mass is 32.2. The predicted molar refractivity (Wildman–Crippen MR) is 72.4 cm³/mol. The van der Waals surface area contributed by atoms with Crippen molar-refractivity contribution in [3.63, 3.8) is 0 Å². The molecule has 1 aromatic carbocycles. The van der Waals surface area contributed by atoms with Gasteiger partial charge in [0, 0.05) is 16.3 Å². The summed E-state index contributed by atoms with van der Waals surface area (Å²) in [5.74, 6) is 5.66. The maximum atomic E-state index is 11.5. The quantitative estimate of drug-likeness (QED) is 0.251. The van der Waals surface area contributed by atoms with Crippen molar-refractivity contribution >= 4 is 23.4 Å². The summed E-state index contributed by atoms with van der Waals surface area (Å²) in [7, 11) is 0. The average molecular weight is 253 g/mol. The van der Waals surface area contributed by atoms with Gasteiger partial charge in [0.15, 0.2) is 0 Å². The van der Waals surface area contributed by atoms with Gasteiger partial charge in [0.1, 0.15) is 0 Å². The van der Waals surface area contributed by atoms with Gasteiger partial charge in [-0.05, 0) is 30.7 Å². The van der Waals surface area contributed by atoms with E-state index >= 15 is 0 Å². The van der Waals surface area contributed by atoms with E-state index in [2.05, 4.69) is 5.43 Å². The lowest BCUT2D eigenvalue weighted by molar-refractivity contribution is -0.128. The van der Waals surface area contributed by atoms with Gasteiger partial charge in [-0.3, -0.25) is 10.2 Å². The first-order valence-corrected chi connectivity index (χ1v) is 6.35. The normalized spacial score (nSPS) is 11.3. The second kappa shape index (κ2) is 5.42. The molecule has 0 spiro atoms. The van der Waals surface area contributed by atoms with Crippen LogP contribution in [0.25, 0.3) is 0 Å². The standard InChI is InChI=1S/C12H19N3OS/c1-8-6-9(13)4-5-10(8)17-7-12(2,3)11(16)15-14/h4-6H,7,13-14H2,1-3H3,(H,15,16). The molecule has 0 radical (unpaired) electrons. The van der Waals surface area contributed by atoms with E-state index in [9.17, 15) is 4.79 Å². The van der Waals surface area contributed by atoms with E-state index in [1.807, 2.05) is 39.0 Å². The van der Waals surface area contributed by atoms with Gasteiger partial charge in [0.05, 0.1) is 5.41 Å². The molecular formula is C12H19N3OS. The number of anilines is 1. The number of benzene rings is 1. The fraction of sp³-hybridized carbons (Fsp3) is 0.417. The molecule has 0 aromatic heterocycles. The number of amides is 1. The molecule has 0 atom stereocenters. The number of thioether (sulfide) groups is 1. The third-order valence-corrected chi connectivity index (χ3v) is 4.17. The van der Waals surface area contributed by atoms with Gasteiger partial charge in [-0.1, -0.05) is 13.8 Å². The zero-order valence-electron chi connectivity index (χ0n) is 10.4. The Balaban J connectivity index is 2.70. The van der Waals surface area contributed by atoms with Crippen LogP contribution in [0.5, 0.6) is 0 Å². The number of nitrogens with one attached hydrogen (secondary N) is 1. The van der Waals surface area contributed by atoms with E-state index in [-0.39, 0.29) is 5.91 Å². The third-order valence-electron chi connectivity index (χ3n) is 2.53. The molecule has 94 valence electrons. The van der Waals surface area contributed by atoms with Crippen LogP contribution in [0.15, 0.2) is 23.1 Å². The van der Waals surface area contributed by atoms with Crippen LogP contribution in [0.4, 0.5) is 5.69 Å². The lowest BCUT2D eigenvalue weighted by atomic mass is 9.96. The van der Waals surface area contributed by atoms with E-state index in [0.717, 1.165) is 16.1 Å². The smallest absolute Gasteiger partial charge is 0.240 e. The molecule has 0 saturated carbocycles. The summed E-state index contributed by atoms with van der Waals surface area (Å²) >= 11 is 1.63. The molecule has 17 heavy (non-hydrogen) atoms. The molecule has 0 bridgehead atoms. The molecule has 4 nitrogen and oxygen atoms in total. The monoisotopic (exact) mass is 253 g/mol. The van der Waals surface area contributed by atoms with Gasteiger partial charge in [0.25, 0.3) is 0 Å². The van der Waals surface area contributed by atoms with Crippen LogP contribution < -0.4 is 17.0 Å². The topological polar surface area (TPSA) is 81.1 Å². The fourth-order valence-corrected chi connectivity index (χ4v) is 2.45. The number of nitrogen functional groups attached to an aromatic ring is 1. The first kappa shape index (κ1) is 13.9. The van der Waals surface area contributed by atoms with E-state index in [0.29, 0.717) is 5.75 Å². The van der Waals surface area contributed by atoms with Crippen molar-refractivity contribution in [1.82, 2.24) is 5.43 Å². The number of rotatable bonds is 4. The minimum Gasteiger partial charge on any atom is -0.399 e. The SMILES string of the molecule is Cc1cc(N)ccc1SCC(C)(C)C(=O)NN. The summed E-state index contributed by atoms with van der Waals surface area (Å²) in [5.41, 5.74) is 9.27. The molecule has 0 aliphatic rings. The number of carbonyl (C=O) groups is 1. The molecule has 0 heterocycles. The first-order valence-electron chi connectivity index (χ1n) is 5.37. The highest BCUT2D eigenvalue weighted by Gasteiger charge is 2.27. The lowest BCUT2D eigenvalue weighted by Crippen LogP contribution is -2.42. The minimum atomic E-state index is -0.493. The van der Waals surface area contributed by atoms with Crippen molar-refractivity contribution in [2.75, 3.05) is 11.5 Å². The largest absolute Gasteiger partial charge is 0.399 e. The minimum absolute atomic E-state index is 0.155. The Labute approximate surface area is 106 Å². The molecule has 1 amide bonds. The van der Waals surface area contributed by atoms with Crippen LogP contribution in [-0.4, -0.2) is 11.7 Å². The number of aryl methyl sites for hydroxylation is 1. The van der Waals surface area contributed by atoms with Crippen LogP contribution in [0.1, 0.15) is 19.4 Å². The molecule has 0 aliphatic carbocycles. The maximum Gasteiger partial charge on any atom is 0.240 e. The van der Waals surface area contributed by atoms with Gasteiger partial charge >= 0.3 is 0 Å². The van der Waals surface area contributed by atoms with Crippen molar-refractivity contribution in [3.05, 3.63) is 23.8 Å². The van der Waals surface area contributed by atoms with E-state index in [4.69, 9.17) is 11.6 Å². The van der Waals surface area contributed by atoms with Crippen molar-refractivity contribution in [1.29, 1.82) is 0 Å². The third kappa shape index (κ3) is 3.64. The van der Waals surface area contributed by atoms with Crippen LogP contribution in [-0.2, 0) is 4.79 Å². The molecular weight excluding hydrogens is 234 g/mol. The first-order chi connectivity index (χ1) is 7.86. The molecule has 1 aromatic rings. The van der Waals surface area contributed by atoms with Crippen molar-refractivity contribution in [2.24, 2.45) is 11.3 Å². The zero-order chi connectivity index (χ0) is 13.1. The molecule has 5 heteroatoms. The van der Waals surface area contributed by atoms with Crippen LogP contribution in [0.2, 0.25) is 0 Å².